The minimum Gasteiger partial charge on any atom is -0.495 e. The molecule has 20 heavy (non-hydrogen) atoms. The maximum Gasteiger partial charge on any atom is 0.141 e. The Morgan fingerprint density at radius 3 is 2.65 bits per heavy atom. The summed E-state index contributed by atoms with van der Waals surface area (Å²) in [7, 11) is 1.73. The van der Waals surface area contributed by atoms with E-state index in [0.717, 1.165) is 17.4 Å². The van der Waals surface area contributed by atoms with Gasteiger partial charge in [0.25, 0.3) is 0 Å². The average molecular weight is 276 g/mol. The van der Waals surface area contributed by atoms with Gasteiger partial charge in [-0.15, -0.1) is 0 Å². The smallest absolute Gasteiger partial charge is 0.141 e. The fourth-order valence-corrected chi connectivity index (χ4v) is 3.12. The molecule has 1 N–H and O–H groups in total. The highest BCUT2D eigenvalue weighted by Crippen LogP contribution is 2.28. The zero-order valence-corrected chi connectivity index (χ0v) is 13.1. The van der Waals surface area contributed by atoms with Gasteiger partial charge in [-0.3, -0.25) is 0 Å². The molecule has 1 aliphatic heterocycles. The summed E-state index contributed by atoms with van der Waals surface area (Å²) in [5.74, 6) is 1.69. The van der Waals surface area contributed by atoms with Crippen LogP contribution in [0.5, 0.6) is 5.75 Å². The van der Waals surface area contributed by atoms with E-state index in [2.05, 4.69) is 36.2 Å². The van der Waals surface area contributed by atoms with Gasteiger partial charge >= 0.3 is 0 Å². The quantitative estimate of drug-likeness (QED) is 0.859. The molecule has 1 aliphatic rings. The van der Waals surface area contributed by atoms with Crippen LogP contribution in [0.2, 0.25) is 0 Å². The highest BCUT2D eigenvalue weighted by Gasteiger charge is 2.23. The first-order valence-electron chi connectivity index (χ1n) is 7.86. The lowest BCUT2D eigenvalue weighted by Gasteiger charge is -2.35. The van der Waals surface area contributed by atoms with E-state index < -0.39 is 0 Å². The number of para-hydroxylation sites is 2. The zero-order valence-electron chi connectivity index (χ0n) is 13.1. The number of benzene rings is 1. The number of ether oxygens (including phenoxy) is 1. The van der Waals surface area contributed by atoms with Gasteiger partial charge in [-0.05, 0) is 63.9 Å². The Labute approximate surface area is 123 Å². The summed E-state index contributed by atoms with van der Waals surface area (Å²) in [6, 6.07) is 8.68. The van der Waals surface area contributed by atoms with Crippen LogP contribution in [0.15, 0.2) is 24.3 Å². The van der Waals surface area contributed by atoms with E-state index in [4.69, 9.17) is 4.74 Å². The molecule has 1 atom stereocenters. The first kappa shape index (κ1) is 15.2. The van der Waals surface area contributed by atoms with Crippen LogP contribution in [0.4, 0.5) is 5.69 Å². The molecule has 1 unspecified atom stereocenters. The third-order valence-corrected chi connectivity index (χ3v) is 4.37. The SMILES string of the molecule is CCCN1CCC(C(C)Nc2ccccc2OC)CC1. The number of rotatable bonds is 6. The summed E-state index contributed by atoms with van der Waals surface area (Å²) in [5.41, 5.74) is 1.11. The fraction of sp³-hybridized carbons (Fsp3) is 0.647. The summed E-state index contributed by atoms with van der Waals surface area (Å²) in [6.07, 6.45) is 3.85. The van der Waals surface area contributed by atoms with Crippen LogP contribution in [-0.2, 0) is 0 Å². The van der Waals surface area contributed by atoms with Crippen LogP contribution in [0.1, 0.15) is 33.1 Å². The van der Waals surface area contributed by atoms with E-state index in [-0.39, 0.29) is 0 Å². The van der Waals surface area contributed by atoms with Crippen molar-refractivity contribution in [2.75, 3.05) is 32.1 Å². The Morgan fingerprint density at radius 1 is 1.30 bits per heavy atom. The van der Waals surface area contributed by atoms with Gasteiger partial charge in [0.15, 0.2) is 0 Å². The molecular weight excluding hydrogens is 248 g/mol. The van der Waals surface area contributed by atoms with Crippen LogP contribution < -0.4 is 10.1 Å². The second-order valence-electron chi connectivity index (χ2n) is 5.81. The lowest BCUT2D eigenvalue weighted by molar-refractivity contribution is 0.176. The van der Waals surface area contributed by atoms with Crippen molar-refractivity contribution < 1.29 is 4.74 Å². The average Bonchev–Trinajstić information content (AvgIpc) is 2.49. The summed E-state index contributed by atoms with van der Waals surface area (Å²) in [6.45, 7) is 8.30. The van der Waals surface area contributed by atoms with Crippen molar-refractivity contribution in [2.24, 2.45) is 5.92 Å². The molecule has 0 radical (unpaired) electrons. The van der Waals surface area contributed by atoms with Crippen molar-refractivity contribution in [3.63, 3.8) is 0 Å². The summed E-state index contributed by atoms with van der Waals surface area (Å²) >= 11 is 0. The molecule has 0 saturated carbocycles. The molecule has 0 bridgehead atoms. The maximum absolute atomic E-state index is 5.41. The van der Waals surface area contributed by atoms with Crippen molar-refractivity contribution in [2.45, 2.75) is 39.2 Å². The summed E-state index contributed by atoms with van der Waals surface area (Å²) in [5, 5.41) is 3.63. The van der Waals surface area contributed by atoms with Gasteiger partial charge < -0.3 is 15.0 Å². The van der Waals surface area contributed by atoms with Gasteiger partial charge in [-0.2, -0.15) is 0 Å². The molecular formula is C17H28N2O. The second kappa shape index (κ2) is 7.53. The number of methoxy groups -OCH3 is 1. The van der Waals surface area contributed by atoms with E-state index in [1.54, 1.807) is 7.11 Å². The Morgan fingerprint density at radius 2 is 2.00 bits per heavy atom. The molecule has 1 fully saturated rings. The molecule has 0 aromatic heterocycles. The van der Waals surface area contributed by atoms with E-state index >= 15 is 0 Å². The molecule has 1 aromatic rings. The summed E-state index contributed by atoms with van der Waals surface area (Å²) < 4.78 is 5.41. The Hall–Kier alpha value is -1.22. The third kappa shape index (κ3) is 3.89. The van der Waals surface area contributed by atoms with Gasteiger partial charge in [0.05, 0.1) is 12.8 Å². The minimum absolute atomic E-state index is 0.495. The van der Waals surface area contributed by atoms with Crippen molar-refractivity contribution in [1.29, 1.82) is 0 Å². The molecule has 1 heterocycles. The minimum atomic E-state index is 0.495. The van der Waals surface area contributed by atoms with Crippen molar-refractivity contribution in [3.8, 4) is 5.75 Å². The highest BCUT2D eigenvalue weighted by molar-refractivity contribution is 5.56. The van der Waals surface area contributed by atoms with Crippen LogP contribution in [-0.4, -0.2) is 37.7 Å². The van der Waals surface area contributed by atoms with Crippen LogP contribution in [0.25, 0.3) is 0 Å². The molecule has 1 aromatic carbocycles. The van der Waals surface area contributed by atoms with Gasteiger partial charge in [0.2, 0.25) is 0 Å². The predicted octanol–water partition coefficient (Wildman–Crippen LogP) is 3.62. The largest absolute Gasteiger partial charge is 0.495 e. The Kier molecular flexibility index (Phi) is 5.72. The van der Waals surface area contributed by atoms with E-state index in [0.29, 0.717) is 6.04 Å². The molecule has 0 aliphatic carbocycles. The Balaban J connectivity index is 1.88. The molecule has 3 nitrogen and oxygen atoms in total. The molecule has 3 heteroatoms. The number of nitrogens with zero attached hydrogens (tertiary/aromatic N) is 1. The van der Waals surface area contributed by atoms with Crippen LogP contribution in [0.3, 0.4) is 0 Å². The molecule has 112 valence electrons. The van der Waals surface area contributed by atoms with Gasteiger partial charge in [0, 0.05) is 6.04 Å². The zero-order chi connectivity index (χ0) is 14.4. The van der Waals surface area contributed by atoms with Crippen LogP contribution in [0, 0.1) is 5.92 Å². The lowest BCUT2D eigenvalue weighted by Crippen LogP contribution is -2.39. The first-order chi connectivity index (χ1) is 9.74. The third-order valence-electron chi connectivity index (χ3n) is 4.37. The second-order valence-corrected chi connectivity index (χ2v) is 5.81. The number of hydrogen-bond acceptors (Lipinski definition) is 3. The monoisotopic (exact) mass is 276 g/mol. The first-order valence-corrected chi connectivity index (χ1v) is 7.86. The van der Waals surface area contributed by atoms with Crippen molar-refractivity contribution in [3.05, 3.63) is 24.3 Å². The standard InChI is InChI=1S/C17H28N2O/c1-4-11-19-12-9-15(10-13-19)14(2)18-16-7-5-6-8-17(16)20-3/h5-8,14-15,18H,4,9-13H2,1-3H3. The Bertz CT molecular complexity index is 400. The highest BCUT2D eigenvalue weighted by atomic mass is 16.5. The van der Waals surface area contributed by atoms with Crippen molar-refractivity contribution in [1.82, 2.24) is 4.90 Å². The fourth-order valence-electron chi connectivity index (χ4n) is 3.12. The molecule has 0 amide bonds. The van der Waals surface area contributed by atoms with Gasteiger partial charge in [-0.25, -0.2) is 0 Å². The number of piperidine rings is 1. The van der Waals surface area contributed by atoms with E-state index in [9.17, 15) is 0 Å². The normalized spacial score (nSPS) is 18.8. The van der Waals surface area contributed by atoms with Crippen molar-refractivity contribution >= 4 is 5.69 Å². The topological polar surface area (TPSA) is 24.5 Å². The molecule has 2 rings (SSSR count). The van der Waals surface area contributed by atoms with Gasteiger partial charge in [-0.1, -0.05) is 19.1 Å². The lowest BCUT2D eigenvalue weighted by atomic mass is 9.90. The maximum atomic E-state index is 5.41. The van der Waals surface area contributed by atoms with E-state index in [1.807, 2.05) is 12.1 Å². The van der Waals surface area contributed by atoms with E-state index in [1.165, 1.54) is 38.9 Å². The summed E-state index contributed by atoms with van der Waals surface area (Å²) in [4.78, 5) is 2.59. The van der Waals surface area contributed by atoms with Gasteiger partial charge in [0.1, 0.15) is 5.75 Å². The number of likely N-dealkylation sites (tertiary alicyclic amines) is 1. The van der Waals surface area contributed by atoms with Crippen LogP contribution >= 0.6 is 0 Å². The predicted molar refractivity (Wildman–Crippen MR) is 85.5 cm³/mol. The number of hydrogen-bond donors (Lipinski definition) is 1. The number of nitrogens with one attached hydrogen (secondary N) is 1. The number of anilines is 1. The molecule has 1 saturated heterocycles. The molecule has 0 spiro atoms.